The van der Waals surface area contributed by atoms with Crippen molar-refractivity contribution in [3.05, 3.63) is 72.3 Å². The Bertz CT molecular complexity index is 995. The van der Waals surface area contributed by atoms with Crippen molar-refractivity contribution < 1.29 is 17.9 Å². The number of nitrogens with one attached hydrogen (secondary N) is 1. The van der Waals surface area contributed by atoms with Crippen LogP contribution >= 0.6 is 0 Å². The Balaban J connectivity index is 1.88. The van der Waals surface area contributed by atoms with E-state index in [1.807, 2.05) is 24.3 Å². The van der Waals surface area contributed by atoms with E-state index in [-0.39, 0.29) is 4.90 Å². The Labute approximate surface area is 139 Å². The van der Waals surface area contributed by atoms with Gasteiger partial charge in [0.1, 0.15) is 0 Å². The SMILES string of the molecule is COC(=O)c1ccc(NS(=O)(=O)c2ccc3ccccc3c2)cc1. The first-order chi connectivity index (χ1) is 11.5. The molecule has 3 rings (SSSR count). The van der Waals surface area contributed by atoms with Crippen LogP contribution in [0.3, 0.4) is 0 Å². The molecule has 3 aromatic rings. The molecule has 5 nitrogen and oxygen atoms in total. The lowest BCUT2D eigenvalue weighted by atomic mass is 10.1. The van der Waals surface area contributed by atoms with Crippen LogP contribution in [0.1, 0.15) is 10.4 Å². The second kappa shape index (κ2) is 6.33. The molecule has 0 aromatic heterocycles. The maximum atomic E-state index is 12.5. The molecule has 122 valence electrons. The van der Waals surface area contributed by atoms with Gasteiger partial charge in [0.2, 0.25) is 0 Å². The number of carbonyl (C=O) groups excluding carboxylic acids is 1. The molecule has 0 saturated heterocycles. The van der Waals surface area contributed by atoms with Crippen molar-refractivity contribution in [2.45, 2.75) is 4.90 Å². The predicted octanol–water partition coefficient (Wildman–Crippen LogP) is 3.43. The average Bonchev–Trinajstić information content (AvgIpc) is 2.61. The number of rotatable bonds is 4. The lowest BCUT2D eigenvalue weighted by Gasteiger charge is -2.09. The Morgan fingerprint density at radius 1 is 0.917 bits per heavy atom. The molecule has 1 N–H and O–H groups in total. The van der Waals surface area contributed by atoms with Gasteiger partial charge in [0.05, 0.1) is 17.6 Å². The van der Waals surface area contributed by atoms with Crippen LogP contribution in [0.2, 0.25) is 0 Å². The van der Waals surface area contributed by atoms with Crippen LogP contribution < -0.4 is 4.72 Å². The highest BCUT2D eigenvalue weighted by Gasteiger charge is 2.15. The fourth-order valence-electron chi connectivity index (χ4n) is 2.34. The summed E-state index contributed by atoms with van der Waals surface area (Å²) in [7, 11) is -2.42. The van der Waals surface area contributed by atoms with Gasteiger partial charge in [-0.15, -0.1) is 0 Å². The first-order valence-corrected chi connectivity index (χ1v) is 8.68. The Hall–Kier alpha value is -2.86. The van der Waals surface area contributed by atoms with Crippen molar-refractivity contribution in [3.8, 4) is 0 Å². The number of fused-ring (bicyclic) bond motifs is 1. The first kappa shape index (κ1) is 16.0. The van der Waals surface area contributed by atoms with Crippen LogP contribution in [0.15, 0.2) is 71.6 Å². The van der Waals surface area contributed by atoms with Gasteiger partial charge in [0.25, 0.3) is 10.0 Å². The Kier molecular flexibility index (Phi) is 4.22. The summed E-state index contributed by atoms with van der Waals surface area (Å²) in [5.74, 6) is -0.473. The van der Waals surface area contributed by atoms with E-state index < -0.39 is 16.0 Å². The van der Waals surface area contributed by atoms with Crippen LogP contribution in [-0.4, -0.2) is 21.5 Å². The molecule has 0 bridgehead atoms. The van der Waals surface area contributed by atoms with Gasteiger partial charge in [-0.2, -0.15) is 0 Å². The van der Waals surface area contributed by atoms with Crippen LogP contribution in [0.25, 0.3) is 10.8 Å². The maximum Gasteiger partial charge on any atom is 0.337 e. The van der Waals surface area contributed by atoms with E-state index in [0.29, 0.717) is 11.3 Å². The van der Waals surface area contributed by atoms with Crippen LogP contribution in [0.5, 0.6) is 0 Å². The molecule has 24 heavy (non-hydrogen) atoms. The summed E-state index contributed by atoms with van der Waals surface area (Å²) in [4.78, 5) is 11.6. The van der Waals surface area contributed by atoms with E-state index in [0.717, 1.165) is 10.8 Å². The van der Waals surface area contributed by atoms with Crippen molar-refractivity contribution in [3.63, 3.8) is 0 Å². The van der Waals surface area contributed by atoms with Gasteiger partial charge in [-0.3, -0.25) is 4.72 Å². The zero-order valence-corrected chi connectivity index (χ0v) is 13.7. The zero-order valence-electron chi connectivity index (χ0n) is 12.9. The van der Waals surface area contributed by atoms with Crippen molar-refractivity contribution in [2.24, 2.45) is 0 Å². The highest BCUT2D eigenvalue weighted by Crippen LogP contribution is 2.21. The molecule has 0 unspecified atom stereocenters. The standard InChI is InChI=1S/C18H15NO4S/c1-23-18(20)14-6-9-16(10-7-14)19-24(21,22)17-11-8-13-4-2-3-5-15(13)12-17/h2-12,19H,1H3. The van der Waals surface area contributed by atoms with Crippen molar-refractivity contribution in [2.75, 3.05) is 11.8 Å². The minimum Gasteiger partial charge on any atom is -0.465 e. The number of anilines is 1. The monoisotopic (exact) mass is 341 g/mol. The summed E-state index contributed by atoms with van der Waals surface area (Å²) in [5.41, 5.74) is 0.724. The summed E-state index contributed by atoms with van der Waals surface area (Å²) in [5, 5.41) is 1.82. The van der Waals surface area contributed by atoms with Crippen molar-refractivity contribution in [1.82, 2.24) is 0 Å². The summed E-state index contributed by atoms with van der Waals surface area (Å²) in [6, 6.07) is 18.5. The molecule has 3 aromatic carbocycles. The molecule has 0 aliphatic rings. The lowest BCUT2D eigenvalue weighted by Crippen LogP contribution is -2.13. The largest absolute Gasteiger partial charge is 0.465 e. The molecule has 0 spiro atoms. The van der Waals surface area contributed by atoms with Crippen molar-refractivity contribution in [1.29, 1.82) is 0 Å². The molecular formula is C18H15NO4S. The normalized spacial score (nSPS) is 11.2. The van der Waals surface area contributed by atoms with E-state index in [1.54, 1.807) is 18.2 Å². The van der Waals surface area contributed by atoms with Crippen LogP contribution in [0.4, 0.5) is 5.69 Å². The van der Waals surface area contributed by atoms with Gasteiger partial charge in [0.15, 0.2) is 0 Å². The fourth-order valence-corrected chi connectivity index (χ4v) is 3.43. The van der Waals surface area contributed by atoms with Gasteiger partial charge in [0, 0.05) is 5.69 Å². The number of benzene rings is 3. The third-order valence-corrected chi connectivity index (χ3v) is 4.97. The number of sulfonamides is 1. The van der Waals surface area contributed by atoms with Crippen LogP contribution in [-0.2, 0) is 14.8 Å². The number of ether oxygens (including phenoxy) is 1. The number of methoxy groups -OCH3 is 1. The number of hydrogen-bond acceptors (Lipinski definition) is 4. The second-order valence-corrected chi connectivity index (χ2v) is 6.87. The first-order valence-electron chi connectivity index (χ1n) is 7.19. The van der Waals surface area contributed by atoms with Gasteiger partial charge < -0.3 is 4.74 Å². The fraction of sp³-hybridized carbons (Fsp3) is 0.0556. The highest BCUT2D eigenvalue weighted by molar-refractivity contribution is 7.92. The van der Waals surface area contributed by atoms with E-state index in [1.165, 1.54) is 31.4 Å². The minimum atomic E-state index is -3.71. The molecule has 0 fully saturated rings. The van der Waals surface area contributed by atoms with E-state index in [9.17, 15) is 13.2 Å². The Morgan fingerprint density at radius 3 is 2.25 bits per heavy atom. The highest BCUT2D eigenvalue weighted by atomic mass is 32.2. The minimum absolute atomic E-state index is 0.179. The van der Waals surface area contributed by atoms with Crippen LogP contribution in [0, 0.1) is 0 Å². The molecule has 0 radical (unpaired) electrons. The quantitative estimate of drug-likeness (QED) is 0.738. The molecule has 0 heterocycles. The molecule has 0 aliphatic carbocycles. The predicted molar refractivity (Wildman–Crippen MR) is 92.5 cm³/mol. The summed E-state index contributed by atoms with van der Waals surface area (Å²) < 4.78 is 32.1. The van der Waals surface area contributed by atoms with Crippen molar-refractivity contribution >= 4 is 32.5 Å². The number of esters is 1. The number of carbonyl (C=O) groups is 1. The summed E-state index contributed by atoms with van der Waals surface area (Å²) in [6.45, 7) is 0. The van der Waals surface area contributed by atoms with E-state index >= 15 is 0 Å². The smallest absolute Gasteiger partial charge is 0.337 e. The second-order valence-electron chi connectivity index (χ2n) is 5.18. The number of hydrogen-bond donors (Lipinski definition) is 1. The molecular weight excluding hydrogens is 326 g/mol. The van der Waals surface area contributed by atoms with Gasteiger partial charge >= 0.3 is 5.97 Å². The average molecular weight is 341 g/mol. The van der Waals surface area contributed by atoms with E-state index in [2.05, 4.69) is 9.46 Å². The van der Waals surface area contributed by atoms with E-state index in [4.69, 9.17) is 0 Å². The maximum absolute atomic E-state index is 12.5. The third-order valence-electron chi connectivity index (χ3n) is 3.59. The summed E-state index contributed by atoms with van der Waals surface area (Å²) >= 11 is 0. The van der Waals surface area contributed by atoms with Gasteiger partial charge in [-0.25, -0.2) is 13.2 Å². The Morgan fingerprint density at radius 2 is 1.58 bits per heavy atom. The third kappa shape index (κ3) is 3.23. The zero-order chi connectivity index (χ0) is 17.2. The van der Waals surface area contributed by atoms with Gasteiger partial charge in [-0.05, 0) is 47.2 Å². The van der Waals surface area contributed by atoms with Gasteiger partial charge in [-0.1, -0.05) is 30.3 Å². The molecule has 0 saturated carbocycles. The lowest BCUT2D eigenvalue weighted by molar-refractivity contribution is 0.0601. The molecule has 6 heteroatoms. The molecule has 0 atom stereocenters. The molecule has 0 amide bonds. The molecule has 0 aliphatic heterocycles. The topological polar surface area (TPSA) is 72.5 Å². The summed E-state index contributed by atoms with van der Waals surface area (Å²) in [6.07, 6.45) is 0.